The second-order valence-electron chi connectivity index (χ2n) is 13.2. The third-order valence-corrected chi connectivity index (χ3v) is 9.96. The molecule has 0 radical (unpaired) electrons. The minimum Gasteiger partial charge on any atom is -0.508 e. The van der Waals surface area contributed by atoms with Gasteiger partial charge in [0.2, 0.25) is 5.56 Å². The molecule has 8 nitrogen and oxygen atoms in total. The Morgan fingerprint density at radius 1 is 0.938 bits per heavy atom. The van der Waals surface area contributed by atoms with E-state index in [1.807, 2.05) is 24.3 Å². The number of phenolic OH excluding ortho intramolecular Hbond substituents is 2. The highest BCUT2D eigenvalue weighted by molar-refractivity contribution is 5.87. The highest BCUT2D eigenvalue weighted by Gasteiger charge is 2.40. The summed E-state index contributed by atoms with van der Waals surface area (Å²) in [5.41, 5.74) is 5.36. The third kappa shape index (κ3) is 7.67. The van der Waals surface area contributed by atoms with Crippen LogP contribution < -0.4 is 15.6 Å². The number of aliphatic hydroxyl groups is 1. The van der Waals surface area contributed by atoms with Gasteiger partial charge in [0.25, 0.3) is 0 Å². The number of benzene rings is 3. The average Bonchev–Trinajstić information content (AvgIpc) is 3.11. The molecule has 8 heteroatoms. The number of rotatable bonds is 13. The summed E-state index contributed by atoms with van der Waals surface area (Å²) in [6.45, 7) is 3.67. The first-order valence-corrected chi connectivity index (χ1v) is 17.2. The van der Waals surface area contributed by atoms with Crippen molar-refractivity contribution < 1.29 is 20.1 Å². The number of aromatic hydroxyl groups is 2. The van der Waals surface area contributed by atoms with Crippen LogP contribution in [0.4, 0.5) is 0 Å². The average molecular weight is 650 g/mol. The normalized spacial score (nSPS) is 16.9. The Morgan fingerprint density at radius 3 is 2.48 bits per heavy atom. The molecule has 5 N–H and O–H groups in total. The smallest absolute Gasteiger partial charge is 0.248 e. The van der Waals surface area contributed by atoms with E-state index in [4.69, 9.17) is 4.74 Å². The van der Waals surface area contributed by atoms with Crippen LogP contribution in [0.1, 0.15) is 60.5 Å². The summed E-state index contributed by atoms with van der Waals surface area (Å²) in [7, 11) is 2.18. The number of nitrogens with one attached hydrogen (secondary N) is 2. The Morgan fingerprint density at radius 2 is 1.71 bits per heavy atom. The molecule has 0 spiro atoms. The summed E-state index contributed by atoms with van der Waals surface area (Å²) in [6, 6.07) is 20.5. The van der Waals surface area contributed by atoms with Gasteiger partial charge >= 0.3 is 0 Å². The number of aromatic amines is 1. The van der Waals surface area contributed by atoms with Gasteiger partial charge in [-0.05, 0) is 124 Å². The molecule has 1 saturated heterocycles. The van der Waals surface area contributed by atoms with E-state index in [0.29, 0.717) is 41.9 Å². The summed E-state index contributed by atoms with van der Waals surface area (Å²) in [5.74, 6) is 1.22. The van der Waals surface area contributed by atoms with Crippen molar-refractivity contribution in [3.05, 3.63) is 123 Å². The Kier molecular flexibility index (Phi) is 10.6. The predicted molar refractivity (Wildman–Crippen MR) is 191 cm³/mol. The number of fused-ring (bicyclic) bond motifs is 1. The summed E-state index contributed by atoms with van der Waals surface area (Å²) in [5, 5.41) is 35.9. The molecule has 1 aliphatic heterocycles. The van der Waals surface area contributed by atoms with Gasteiger partial charge in [-0.25, -0.2) is 0 Å². The molecule has 1 aromatic heterocycles. The lowest BCUT2D eigenvalue weighted by Crippen LogP contribution is -2.42. The second kappa shape index (κ2) is 15.2. The molecule has 1 fully saturated rings. The lowest BCUT2D eigenvalue weighted by Gasteiger charge is -2.43. The SMILES string of the molecule is CN1CCC(C2=CCCC=C2)(c2cc(CCCOc3ccc(CCNCC(O)c4ccc(O)c5[nH]c(=O)ccc45)cc3)ccc2O)CC1. The van der Waals surface area contributed by atoms with E-state index in [2.05, 4.69) is 58.7 Å². The first kappa shape index (κ1) is 33.5. The lowest BCUT2D eigenvalue weighted by atomic mass is 9.66. The number of phenols is 2. The zero-order valence-electron chi connectivity index (χ0n) is 27.8. The van der Waals surface area contributed by atoms with Crippen molar-refractivity contribution in [3.8, 4) is 17.2 Å². The maximum absolute atomic E-state index is 11.7. The van der Waals surface area contributed by atoms with Crippen LogP contribution in [0.3, 0.4) is 0 Å². The molecule has 0 bridgehead atoms. The standard InChI is InChI=1S/C40H47N3O5/c1-43-23-20-40(21-24-43,30-7-3-2-4-8-30)34-26-29(11-16-35(34)44)6-5-25-48-31-12-9-28(10-13-31)19-22-41-27-37(46)32-14-17-36(45)39-33(32)15-18-38(47)42-39/h3,7-18,26,37,41,44-46H,2,4-6,19-25,27H2,1H3,(H,42,47). The fourth-order valence-electron chi connectivity index (χ4n) is 7.15. The molecule has 2 aliphatic rings. The zero-order chi connectivity index (χ0) is 33.5. The Hall–Kier alpha value is -4.37. The van der Waals surface area contributed by atoms with Crippen LogP contribution in [0.5, 0.6) is 17.2 Å². The van der Waals surface area contributed by atoms with Crippen LogP contribution in [0.15, 0.2) is 95.3 Å². The van der Waals surface area contributed by atoms with Crippen molar-refractivity contribution in [3.63, 3.8) is 0 Å². The zero-order valence-corrected chi connectivity index (χ0v) is 27.8. The van der Waals surface area contributed by atoms with Crippen LogP contribution in [0.2, 0.25) is 0 Å². The van der Waals surface area contributed by atoms with Crippen LogP contribution >= 0.6 is 0 Å². The highest BCUT2D eigenvalue weighted by Crippen LogP contribution is 2.47. The van der Waals surface area contributed by atoms with Crippen molar-refractivity contribution in [1.29, 1.82) is 0 Å². The minimum absolute atomic E-state index is 0.0212. The molecule has 252 valence electrons. The van der Waals surface area contributed by atoms with Gasteiger partial charge in [-0.3, -0.25) is 4.79 Å². The number of hydrogen-bond donors (Lipinski definition) is 5. The summed E-state index contributed by atoms with van der Waals surface area (Å²) in [6.07, 6.45) is 12.9. The van der Waals surface area contributed by atoms with Crippen LogP contribution in [-0.2, 0) is 18.3 Å². The predicted octanol–water partition coefficient (Wildman–Crippen LogP) is 6.06. The molecular formula is C40H47N3O5. The molecule has 0 amide bonds. The maximum atomic E-state index is 11.7. The van der Waals surface area contributed by atoms with E-state index in [9.17, 15) is 20.1 Å². The van der Waals surface area contributed by atoms with E-state index in [1.54, 1.807) is 12.1 Å². The van der Waals surface area contributed by atoms with Gasteiger partial charge in [0.05, 0.1) is 18.2 Å². The van der Waals surface area contributed by atoms with E-state index < -0.39 is 6.10 Å². The van der Waals surface area contributed by atoms with Crippen LogP contribution in [-0.4, -0.2) is 65.0 Å². The molecule has 1 atom stereocenters. The number of likely N-dealkylation sites (tertiary alicyclic amines) is 1. The number of pyridine rings is 1. The van der Waals surface area contributed by atoms with Crippen LogP contribution in [0, 0.1) is 0 Å². The molecule has 48 heavy (non-hydrogen) atoms. The van der Waals surface area contributed by atoms with Crippen molar-refractivity contribution in [1.82, 2.24) is 15.2 Å². The maximum Gasteiger partial charge on any atom is 0.248 e. The number of nitrogens with zero attached hydrogens (tertiary/aromatic N) is 1. The fourth-order valence-corrected chi connectivity index (χ4v) is 7.15. The quantitative estimate of drug-likeness (QED) is 0.112. The molecule has 4 aromatic rings. The molecule has 0 saturated carbocycles. The number of piperidine rings is 1. The molecule has 6 rings (SSSR count). The number of allylic oxidation sites excluding steroid dienone is 4. The van der Waals surface area contributed by atoms with Crippen LogP contribution in [0.25, 0.3) is 10.9 Å². The van der Waals surface area contributed by atoms with Gasteiger partial charge in [-0.15, -0.1) is 0 Å². The van der Waals surface area contributed by atoms with Crippen molar-refractivity contribution in [2.75, 3.05) is 39.8 Å². The van der Waals surface area contributed by atoms with E-state index >= 15 is 0 Å². The van der Waals surface area contributed by atoms with Gasteiger partial charge in [-0.1, -0.05) is 48.6 Å². The number of H-pyrrole nitrogens is 1. The molecule has 1 aliphatic carbocycles. The first-order chi connectivity index (χ1) is 23.3. The minimum atomic E-state index is -0.787. The first-order valence-electron chi connectivity index (χ1n) is 17.2. The monoisotopic (exact) mass is 649 g/mol. The molecular weight excluding hydrogens is 602 g/mol. The second-order valence-corrected chi connectivity index (χ2v) is 13.2. The van der Waals surface area contributed by atoms with Crippen molar-refractivity contribution >= 4 is 10.9 Å². The number of aromatic nitrogens is 1. The van der Waals surface area contributed by atoms with Gasteiger partial charge < -0.3 is 35.3 Å². The van der Waals surface area contributed by atoms with Gasteiger partial charge in [0.1, 0.15) is 17.2 Å². The molecule has 3 aromatic carbocycles. The van der Waals surface area contributed by atoms with Gasteiger partial charge in [-0.2, -0.15) is 0 Å². The summed E-state index contributed by atoms with van der Waals surface area (Å²) in [4.78, 5) is 16.7. The Labute approximate surface area is 282 Å². The van der Waals surface area contributed by atoms with E-state index in [-0.39, 0.29) is 16.7 Å². The van der Waals surface area contributed by atoms with E-state index in [1.165, 1.54) is 28.8 Å². The van der Waals surface area contributed by atoms with Crippen molar-refractivity contribution in [2.24, 2.45) is 0 Å². The molecule has 1 unspecified atom stereocenters. The topological polar surface area (TPSA) is 118 Å². The number of aliphatic hydroxyl groups excluding tert-OH is 1. The summed E-state index contributed by atoms with van der Waals surface area (Å²) >= 11 is 0. The fraction of sp³-hybridized carbons (Fsp3) is 0.375. The van der Waals surface area contributed by atoms with Crippen molar-refractivity contribution in [2.45, 2.75) is 56.5 Å². The Balaban J connectivity index is 0.969. The van der Waals surface area contributed by atoms with Gasteiger partial charge in [0.15, 0.2) is 0 Å². The third-order valence-electron chi connectivity index (χ3n) is 9.96. The number of hydrogen-bond acceptors (Lipinski definition) is 7. The number of aryl methyl sites for hydroxylation is 1. The van der Waals surface area contributed by atoms with E-state index in [0.717, 1.165) is 69.3 Å². The molecule has 2 heterocycles. The Bertz CT molecular complexity index is 1820. The summed E-state index contributed by atoms with van der Waals surface area (Å²) < 4.78 is 6.08. The van der Waals surface area contributed by atoms with Gasteiger partial charge in [0, 0.05) is 29.0 Å². The lowest BCUT2D eigenvalue weighted by molar-refractivity contribution is 0.176. The largest absolute Gasteiger partial charge is 0.508 e. The highest BCUT2D eigenvalue weighted by atomic mass is 16.5. The number of ether oxygens (including phenoxy) is 1.